The first-order chi connectivity index (χ1) is 18.6. The number of carbonyl (C=O) groups is 2. The molecule has 1 aromatic heterocycles. The van der Waals surface area contributed by atoms with Crippen molar-refractivity contribution in [3.05, 3.63) is 82.4 Å². The number of nitrogens with one attached hydrogen (secondary N) is 3. The zero-order valence-electron chi connectivity index (χ0n) is 22.7. The molecule has 3 aromatic carbocycles. The van der Waals surface area contributed by atoms with Crippen LogP contribution in [0.15, 0.2) is 60.7 Å². The van der Waals surface area contributed by atoms with Crippen LogP contribution in [0.3, 0.4) is 0 Å². The van der Waals surface area contributed by atoms with Crippen molar-refractivity contribution < 1.29 is 14.3 Å². The van der Waals surface area contributed by atoms with E-state index in [1.807, 2.05) is 58.2 Å². The predicted molar refractivity (Wildman–Crippen MR) is 156 cm³/mol. The number of anilines is 2. The van der Waals surface area contributed by atoms with Crippen LogP contribution < -0.4 is 16.0 Å². The van der Waals surface area contributed by atoms with Gasteiger partial charge >= 0.3 is 0 Å². The molecule has 0 spiro atoms. The number of halogens is 1. The van der Waals surface area contributed by atoms with E-state index in [2.05, 4.69) is 20.9 Å². The topological polar surface area (TPSA) is 105 Å². The SMILES string of the molecule is CNc1nc(-c2ccc(COC)cc2)nc2cc(NC(=O)c3cc(CNC(=O)C(C)(C)C)ccc3Cl)ccc12. The van der Waals surface area contributed by atoms with Crippen molar-refractivity contribution in [2.75, 3.05) is 24.8 Å². The number of fused-ring (bicyclic) bond motifs is 1. The Morgan fingerprint density at radius 3 is 2.33 bits per heavy atom. The lowest BCUT2D eigenvalue weighted by Crippen LogP contribution is -2.34. The van der Waals surface area contributed by atoms with E-state index >= 15 is 0 Å². The minimum atomic E-state index is -0.507. The highest BCUT2D eigenvalue weighted by atomic mass is 35.5. The van der Waals surface area contributed by atoms with Gasteiger partial charge in [0, 0.05) is 42.8 Å². The van der Waals surface area contributed by atoms with E-state index in [-0.39, 0.29) is 11.8 Å². The largest absolute Gasteiger partial charge is 0.380 e. The smallest absolute Gasteiger partial charge is 0.257 e. The van der Waals surface area contributed by atoms with Crippen molar-refractivity contribution >= 4 is 45.8 Å². The molecule has 0 radical (unpaired) electrons. The highest BCUT2D eigenvalue weighted by Crippen LogP contribution is 2.28. The number of amides is 2. The molecule has 0 aliphatic carbocycles. The first-order valence-electron chi connectivity index (χ1n) is 12.5. The van der Waals surface area contributed by atoms with Gasteiger partial charge < -0.3 is 20.7 Å². The third-order valence-electron chi connectivity index (χ3n) is 6.12. The molecule has 4 rings (SSSR count). The summed E-state index contributed by atoms with van der Waals surface area (Å²) in [7, 11) is 3.47. The molecular weight excluding hydrogens is 514 g/mol. The fourth-order valence-electron chi connectivity index (χ4n) is 3.95. The average molecular weight is 546 g/mol. The molecule has 0 aliphatic heterocycles. The monoisotopic (exact) mass is 545 g/mol. The predicted octanol–water partition coefficient (Wildman–Crippen LogP) is 6.05. The van der Waals surface area contributed by atoms with Gasteiger partial charge in [-0.1, -0.05) is 62.7 Å². The molecule has 0 aliphatic rings. The van der Waals surface area contributed by atoms with Gasteiger partial charge in [-0.3, -0.25) is 9.59 Å². The summed E-state index contributed by atoms with van der Waals surface area (Å²) in [6.07, 6.45) is 0. The molecule has 2 amide bonds. The Hall–Kier alpha value is -4.01. The molecule has 202 valence electrons. The molecule has 39 heavy (non-hydrogen) atoms. The third kappa shape index (κ3) is 6.71. The summed E-state index contributed by atoms with van der Waals surface area (Å²) in [6.45, 7) is 6.36. The number of ether oxygens (including phenoxy) is 1. The maximum absolute atomic E-state index is 13.2. The van der Waals surface area contributed by atoms with Gasteiger partial charge in [0.1, 0.15) is 5.82 Å². The number of rotatable bonds is 8. The van der Waals surface area contributed by atoms with Gasteiger partial charge in [0.25, 0.3) is 5.91 Å². The second kappa shape index (κ2) is 11.8. The van der Waals surface area contributed by atoms with Gasteiger partial charge in [0.05, 0.1) is 22.7 Å². The van der Waals surface area contributed by atoms with E-state index < -0.39 is 5.41 Å². The lowest BCUT2D eigenvalue weighted by Gasteiger charge is -2.18. The van der Waals surface area contributed by atoms with E-state index in [4.69, 9.17) is 21.3 Å². The number of methoxy groups -OCH3 is 1. The molecule has 8 nitrogen and oxygen atoms in total. The van der Waals surface area contributed by atoms with Crippen molar-refractivity contribution in [1.82, 2.24) is 15.3 Å². The van der Waals surface area contributed by atoms with Crippen molar-refractivity contribution in [2.24, 2.45) is 5.41 Å². The molecule has 0 saturated carbocycles. The highest BCUT2D eigenvalue weighted by molar-refractivity contribution is 6.34. The minimum Gasteiger partial charge on any atom is -0.380 e. The van der Waals surface area contributed by atoms with Gasteiger partial charge in [0.2, 0.25) is 5.91 Å². The van der Waals surface area contributed by atoms with Crippen molar-refractivity contribution in [3.8, 4) is 11.4 Å². The Labute approximate surface area is 233 Å². The van der Waals surface area contributed by atoms with Gasteiger partial charge in [-0.2, -0.15) is 0 Å². The van der Waals surface area contributed by atoms with Crippen LogP contribution in [0.25, 0.3) is 22.3 Å². The van der Waals surface area contributed by atoms with Crippen LogP contribution in [0.5, 0.6) is 0 Å². The first kappa shape index (κ1) is 28.0. The Morgan fingerprint density at radius 1 is 0.949 bits per heavy atom. The van der Waals surface area contributed by atoms with Crippen LogP contribution in [0.1, 0.15) is 42.3 Å². The Bertz CT molecular complexity index is 1510. The zero-order chi connectivity index (χ0) is 28.2. The minimum absolute atomic E-state index is 0.0761. The summed E-state index contributed by atoms with van der Waals surface area (Å²) in [5, 5.41) is 10.1. The number of aromatic nitrogens is 2. The summed E-state index contributed by atoms with van der Waals surface area (Å²) in [4.78, 5) is 34.9. The molecule has 9 heteroatoms. The van der Waals surface area contributed by atoms with Crippen LogP contribution in [0.2, 0.25) is 5.02 Å². The maximum atomic E-state index is 13.2. The third-order valence-corrected chi connectivity index (χ3v) is 6.45. The van der Waals surface area contributed by atoms with E-state index in [0.717, 1.165) is 22.1 Å². The van der Waals surface area contributed by atoms with Crippen LogP contribution in [-0.2, 0) is 22.7 Å². The summed E-state index contributed by atoms with van der Waals surface area (Å²) in [6, 6.07) is 18.5. The summed E-state index contributed by atoms with van der Waals surface area (Å²) < 4.78 is 5.19. The molecule has 1 heterocycles. The molecule has 0 bridgehead atoms. The summed E-state index contributed by atoms with van der Waals surface area (Å²) in [5.41, 5.74) is 3.74. The number of hydrogen-bond acceptors (Lipinski definition) is 6. The standard InChI is InChI=1S/C30H32ClN5O3/c1-30(2,3)29(38)33-16-19-8-13-24(31)23(14-19)28(37)34-21-11-12-22-25(15-21)35-26(36-27(22)32-4)20-9-6-18(7-10-20)17-39-5/h6-15H,16-17H2,1-5H3,(H,33,38)(H,34,37)(H,32,35,36). The normalized spacial score (nSPS) is 11.3. The second-order valence-electron chi connectivity index (χ2n) is 10.2. The number of benzene rings is 3. The van der Waals surface area contributed by atoms with Gasteiger partial charge in [-0.25, -0.2) is 9.97 Å². The van der Waals surface area contributed by atoms with Crippen LogP contribution >= 0.6 is 11.6 Å². The van der Waals surface area contributed by atoms with Gasteiger partial charge in [-0.05, 0) is 41.5 Å². The molecule has 3 N–H and O–H groups in total. The summed E-state index contributed by atoms with van der Waals surface area (Å²) in [5.74, 6) is 0.808. The van der Waals surface area contributed by atoms with Crippen LogP contribution in [-0.4, -0.2) is 35.9 Å². The lowest BCUT2D eigenvalue weighted by atomic mass is 9.95. The van der Waals surface area contributed by atoms with Crippen LogP contribution in [0, 0.1) is 5.41 Å². The Morgan fingerprint density at radius 2 is 1.67 bits per heavy atom. The first-order valence-corrected chi connectivity index (χ1v) is 12.9. The van der Waals surface area contributed by atoms with Gasteiger partial charge in [0.15, 0.2) is 5.82 Å². The molecule has 0 saturated heterocycles. The Kier molecular flexibility index (Phi) is 8.47. The number of carbonyl (C=O) groups excluding carboxylic acids is 2. The average Bonchev–Trinajstić information content (AvgIpc) is 2.91. The summed E-state index contributed by atoms with van der Waals surface area (Å²) >= 11 is 6.36. The molecule has 0 unspecified atom stereocenters. The van der Waals surface area contributed by atoms with E-state index in [1.54, 1.807) is 37.4 Å². The van der Waals surface area contributed by atoms with Crippen LogP contribution in [0.4, 0.5) is 11.5 Å². The second-order valence-corrected chi connectivity index (χ2v) is 10.6. The zero-order valence-corrected chi connectivity index (χ0v) is 23.4. The van der Waals surface area contributed by atoms with Crippen molar-refractivity contribution in [2.45, 2.75) is 33.9 Å². The molecule has 0 fully saturated rings. The molecule has 0 atom stereocenters. The van der Waals surface area contributed by atoms with E-state index in [0.29, 0.717) is 46.6 Å². The quantitative estimate of drug-likeness (QED) is 0.249. The molecule has 4 aromatic rings. The molecular formula is C30H32ClN5O3. The highest BCUT2D eigenvalue weighted by Gasteiger charge is 2.21. The maximum Gasteiger partial charge on any atom is 0.257 e. The fraction of sp³-hybridized carbons (Fsp3) is 0.267. The lowest BCUT2D eigenvalue weighted by molar-refractivity contribution is -0.128. The Balaban J connectivity index is 1.58. The van der Waals surface area contributed by atoms with Crippen molar-refractivity contribution in [1.29, 1.82) is 0 Å². The van der Waals surface area contributed by atoms with Gasteiger partial charge in [-0.15, -0.1) is 0 Å². The fourth-order valence-corrected chi connectivity index (χ4v) is 4.15. The van der Waals surface area contributed by atoms with Crippen molar-refractivity contribution in [3.63, 3.8) is 0 Å². The van der Waals surface area contributed by atoms with E-state index in [1.165, 1.54) is 0 Å². The number of hydrogen-bond donors (Lipinski definition) is 3. The number of nitrogens with zero attached hydrogens (tertiary/aromatic N) is 2. The van der Waals surface area contributed by atoms with E-state index in [9.17, 15) is 9.59 Å².